The number of cyclic esters (lactones) is 1. The maximum atomic E-state index is 12.4. The highest BCUT2D eigenvalue weighted by atomic mass is 16.6. The SMILES string of the molecule is COc1cc(OC)c2c(c1)[C@@H](CCCCCCCCCN1CCC(NC(=O)OC3CCNCC3)CC1)OC2=O. The van der Waals surface area contributed by atoms with E-state index in [1.165, 1.54) is 32.1 Å². The Labute approximate surface area is 233 Å². The quantitative estimate of drug-likeness (QED) is 0.250. The van der Waals surface area contributed by atoms with Crippen LogP contribution < -0.4 is 20.1 Å². The number of unbranched alkanes of at least 4 members (excludes halogenated alkanes) is 6. The summed E-state index contributed by atoms with van der Waals surface area (Å²) in [5.74, 6) is 0.901. The number of rotatable bonds is 14. The Morgan fingerprint density at radius 3 is 2.36 bits per heavy atom. The van der Waals surface area contributed by atoms with Crippen molar-refractivity contribution in [1.82, 2.24) is 15.5 Å². The van der Waals surface area contributed by atoms with E-state index in [9.17, 15) is 9.59 Å². The first-order valence-corrected chi connectivity index (χ1v) is 14.9. The summed E-state index contributed by atoms with van der Waals surface area (Å²) >= 11 is 0. The molecule has 2 saturated heterocycles. The van der Waals surface area contributed by atoms with Gasteiger partial charge in [-0.1, -0.05) is 32.1 Å². The number of nitrogens with zero attached hydrogens (tertiary/aromatic N) is 1. The number of alkyl carbamates (subject to hydrolysis) is 1. The highest BCUT2D eigenvalue weighted by Gasteiger charge is 2.34. The molecule has 0 bridgehead atoms. The molecule has 0 saturated carbocycles. The number of carbonyl (C=O) groups excluding carboxylic acids is 2. The van der Waals surface area contributed by atoms with E-state index in [4.69, 9.17) is 18.9 Å². The van der Waals surface area contributed by atoms with E-state index in [0.29, 0.717) is 17.1 Å². The molecular formula is C30H47N3O6. The number of hydrogen-bond acceptors (Lipinski definition) is 8. The molecule has 9 nitrogen and oxygen atoms in total. The van der Waals surface area contributed by atoms with Crippen LogP contribution in [0.25, 0.3) is 0 Å². The zero-order valence-corrected chi connectivity index (χ0v) is 23.8. The summed E-state index contributed by atoms with van der Waals surface area (Å²) in [6, 6.07) is 3.87. The van der Waals surface area contributed by atoms with Crippen molar-refractivity contribution in [3.63, 3.8) is 0 Å². The van der Waals surface area contributed by atoms with Crippen molar-refractivity contribution < 1.29 is 28.5 Å². The molecule has 9 heteroatoms. The van der Waals surface area contributed by atoms with Crippen molar-refractivity contribution in [2.45, 2.75) is 95.3 Å². The van der Waals surface area contributed by atoms with Gasteiger partial charge in [0.25, 0.3) is 0 Å². The molecule has 218 valence electrons. The van der Waals surface area contributed by atoms with Gasteiger partial charge < -0.3 is 34.5 Å². The Morgan fingerprint density at radius 2 is 1.67 bits per heavy atom. The Morgan fingerprint density at radius 1 is 0.974 bits per heavy atom. The van der Waals surface area contributed by atoms with E-state index in [1.54, 1.807) is 20.3 Å². The van der Waals surface area contributed by atoms with Crippen LogP contribution >= 0.6 is 0 Å². The smallest absolute Gasteiger partial charge is 0.407 e. The lowest BCUT2D eigenvalue weighted by atomic mass is 9.98. The van der Waals surface area contributed by atoms with Crippen LogP contribution in [0.5, 0.6) is 11.5 Å². The first kappa shape index (κ1) is 29.5. The Kier molecular flexibility index (Phi) is 11.6. The first-order valence-electron chi connectivity index (χ1n) is 14.9. The molecule has 0 radical (unpaired) electrons. The van der Waals surface area contributed by atoms with Crippen molar-refractivity contribution in [2.24, 2.45) is 0 Å². The zero-order chi connectivity index (χ0) is 27.5. The maximum absolute atomic E-state index is 12.4. The lowest BCUT2D eigenvalue weighted by molar-refractivity contribution is 0.0361. The molecule has 0 unspecified atom stereocenters. The second-order valence-corrected chi connectivity index (χ2v) is 11.1. The lowest BCUT2D eigenvalue weighted by Gasteiger charge is -2.32. The van der Waals surface area contributed by atoms with Gasteiger partial charge in [-0.2, -0.15) is 0 Å². The van der Waals surface area contributed by atoms with Crippen molar-refractivity contribution in [2.75, 3.05) is 46.9 Å². The van der Waals surface area contributed by atoms with Gasteiger partial charge in [-0.05, 0) is 70.6 Å². The fourth-order valence-electron chi connectivity index (χ4n) is 5.94. The average molecular weight is 546 g/mol. The van der Waals surface area contributed by atoms with Crippen molar-refractivity contribution in [1.29, 1.82) is 0 Å². The number of carbonyl (C=O) groups is 2. The number of nitrogens with one attached hydrogen (secondary N) is 2. The molecule has 2 N–H and O–H groups in total. The molecule has 1 atom stereocenters. The number of likely N-dealkylation sites (tertiary alicyclic amines) is 1. The predicted octanol–water partition coefficient (Wildman–Crippen LogP) is 4.98. The molecule has 3 aliphatic rings. The van der Waals surface area contributed by atoms with Gasteiger partial charge in [0, 0.05) is 30.8 Å². The summed E-state index contributed by atoms with van der Waals surface area (Å²) < 4.78 is 22.0. The maximum Gasteiger partial charge on any atom is 0.407 e. The summed E-state index contributed by atoms with van der Waals surface area (Å²) in [4.78, 5) is 27.1. The molecule has 1 aromatic rings. The third-order valence-corrected chi connectivity index (χ3v) is 8.27. The van der Waals surface area contributed by atoms with Gasteiger partial charge in [-0.3, -0.25) is 0 Å². The average Bonchev–Trinajstić information content (AvgIpc) is 3.27. The van der Waals surface area contributed by atoms with Gasteiger partial charge in [0.05, 0.1) is 14.2 Å². The van der Waals surface area contributed by atoms with Gasteiger partial charge in [0.2, 0.25) is 0 Å². The third-order valence-electron chi connectivity index (χ3n) is 8.27. The van der Waals surface area contributed by atoms with Gasteiger partial charge >= 0.3 is 12.1 Å². The minimum Gasteiger partial charge on any atom is -0.497 e. The van der Waals surface area contributed by atoms with E-state index in [1.807, 2.05) is 6.07 Å². The van der Waals surface area contributed by atoms with Crippen LogP contribution in [0.4, 0.5) is 4.79 Å². The van der Waals surface area contributed by atoms with E-state index in [2.05, 4.69) is 15.5 Å². The van der Waals surface area contributed by atoms with E-state index < -0.39 is 0 Å². The minimum absolute atomic E-state index is 0.0602. The van der Waals surface area contributed by atoms with Gasteiger partial charge in [0.1, 0.15) is 29.3 Å². The van der Waals surface area contributed by atoms with Gasteiger partial charge in [0.15, 0.2) is 0 Å². The molecule has 1 aromatic carbocycles. The number of methoxy groups -OCH3 is 2. The van der Waals surface area contributed by atoms with Crippen LogP contribution in [-0.2, 0) is 9.47 Å². The summed E-state index contributed by atoms with van der Waals surface area (Å²) in [5.41, 5.74) is 1.42. The van der Waals surface area contributed by atoms with Crippen LogP contribution in [0.2, 0.25) is 0 Å². The fourth-order valence-corrected chi connectivity index (χ4v) is 5.94. The summed E-state index contributed by atoms with van der Waals surface area (Å²) in [5, 5.41) is 6.37. The van der Waals surface area contributed by atoms with E-state index in [-0.39, 0.29) is 30.3 Å². The number of benzene rings is 1. The highest BCUT2D eigenvalue weighted by Crippen LogP contribution is 2.41. The lowest BCUT2D eigenvalue weighted by Crippen LogP contribution is -2.46. The predicted molar refractivity (Wildman–Crippen MR) is 150 cm³/mol. The topological polar surface area (TPSA) is 98.4 Å². The number of esters is 1. The molecule has 0 aliphatic carbocycles. The van der Waals surface area contributed by atoms with Gasteiger partial charge in [-0.25, -0.2) is 9.59 Å². The molecule has 0 spiro atoms. The molecule has 4 rings (SSSR count). The fraction of sp³-hybridized carbons (Fsp3) is 0.733. The molecular weight excluding hydrogens is 498 g/mol. The Hall–Kier alpha value is -2.52. The second-order valence-electron chi connectivity index (χ2n) is 11.1. The van der Waals surface area contributed by atoms with Crippen molar-refractivity contribution in [3.05, 3.63) is 23.3 Å². The van der Waals surface area contributed by atoms with E-state index in [0.717, 1.165) is 83.2 Å². The van der Waals surface area contributed by atoms with Crippen molar-refractivity contribution >= 4 is 12.1 Å². The molecule has 39 heavy (non-hydrogen) atoms. The number of piperidine rings is 2. The zero-order valence-electron chi connectivity index (χ0n) is 23.8. The first-order chi connectivity index (χ1) is 19.1. The second kappa shape index (κ2) is 15.3. The highest BCUT2D eigenvalue weighted by molar-refractivity contribution is 5.97. The molecule has 2 fully saturated rings. The molecule has 0 aromatic heterocycles. The number of ether oxygens (including phenoxy) is 4. The van der Waals surface area contributed by atoms with Crippen LogP contribution in [0, 0.1) is 0 Å². The minimum atomic E-state index is -0.301. The van der Waals surface area contributed by atoms with E-state index >= 15 is 0 Å². The summed E-state index contributed by atoms with van der Waals surface area (Å²) in [6.07, 6.45) is 12.6. The largest absolute Gasteiger partial charge is 0.497 e. The molecule has 3 heterocycles. The Balaban J connectivity index is 1.01. The molecule has 3 aliphatic heterocycles. The summed E-state index contributed by atoms with van der Waals surface area (Å²) in [6.45, 7) is 5.09. The normalized spacial score (nSPS) is 20.4. The standard InChI is InChI=1S/C30H47N3O6/c1-36-24-20-25-26(39-29(34)28(25)27(21-24)37-2)10-8-6-4-3-5-7-9-17-33-18-13-22(14-19-33)32-30(35)38-23-11-15-31-16-12-23/h20-23,26,31H,3-19H2,1-2H3,(H,32,35)/t26-/m1/s1. The Bertz CT molecular complexity index is 928. The van der Waals surface area contributed by atoms with Crippen LogP contribution in [0.1, 0.15) is 99.1 Å². The third kappa shape index (κ3) is 8.73. The monoisotopic (exact) mass is 545 g/mol. The van der Waals surface area contributed by atoms with Crippen LogP contribution in [0.3, 0.4) is 0 Å². The number of amides is 1. The van der Waals surface area contributed by atoms with Crippen LogP contribution in [-0.4, -0.2) is 76.1 Å². The molecule has 1 amide bonds. The van der Waals surface area contributed by atoms with Gasteiger partial charge in [-0.15, -0.1) is 0 Å². The van der Waals surface area contributed by atoms with Crippen molar-refractivity contribution in [3.8, 4) is 11.5 Å². The van der Waals surface area contributed by atoms with Crippen LogP contribution in [0.15, 0.2) is 12.1 Å². The summed E-state index contributed by atoms with van der Waals surface area (Å²) in [7, 11) is 3.18. The number of fused-ring (bicyclic) bond motifs is 1. The number of hydrogen-bond donors (Lipinski definition) is 2.